The van der Waals surface area contributed by atoms with Crippen LogP contribution in [0.4, 0.5) is 0 Å². The number of carbonyl (C=O) groups excluding carboxylic acids is 2. The van der Waals surface area contributed by atoms with Crippen LogP contribution in [0.25, 0.3) is 0 Å². The summed E-state index contributed by atoms with van der Waals surface area (Å²) in [5.41, 5.74) is 0. The van der Waals surface area contributed by atoms with Gasteiger partial charge in [-0.1, -0.05) is 66.2 Å². The molecule has 0 amide bonds. The van der Waals surface area contributed by atoms with Crippen molar-refractivity contribution in [3.8, 4) is 0 Å². The Bertz CT molecular complexity index is 333. The van der Waals surface area contributed by atoms with Crippen LogP contribution in [0.5, 0.6) is 0 Å². The Labute approximate surface area is 231 Å². The predicted molar refractivity (Wildman–Crippen MR) is 134 cm³/mol. The van der Waals surface area contributed by atoms with E-state index in [1.54, 1.807) is 0 Å². The third kappa shape index (κ3) is 34.0. The normalized spacial score (nSPS) is 10.2. The number of carbonyl (C=O) groups is 2. The fraction of sp³-hybridized carbons (Fsp3) is 0.909. The summed E-state index contributed by atoms with van der Waals surface area (Å²) in [5.74, 6) is 2.47. The Morgan fingerprint density at radius 3 is 1.28 bits per heavy atom. The quantitative estimate of drug-likeness (QED) is 0.115. The summed E-state index contributed by atoms with van der Waals surface area (Å²) < 4.78 is 10.0. The van der Waals surface area contributed by atoms with E-state index in [9.17, 15) is 9.59 Å². The molecule has 4 nitrogen and oxygen atoms in total. The Kier molecular flexibility index (Phi) is 32.7. The average Bonchev–Trinajstić information content (AvgIpc) is 2.61. The molecule has 0 rings (SSSR count). The molecule has 172 valence electrons. The van der Waals surface area contributed by atoms with Crippen molar-refractivity contribution < 1.29 is 19.1 Å². The number of ether oxygens (including phenoxy) is 2. The van der Waals surface area contributed by atoms with Crippen molar-refractivity contribution in [3.63, 3.8) is 0 Å². The van der Waals surface area contributed by atoms with Crippen molar-refractivity contribution in [2.24, 2.45) is 11.8 Å². The Balaban J connectivity index is -0.000000451. The number of hydrogen-bond donors (Lipinski definition) is 2. The minimum absolute atomic E-state index is 0. The van der Waals surface area contributed by atoms with Crippen LogP contribution in [0.2, 0.25) is 0 Å². The molecule has 0 radical (unpaired) electrons. The number of esters is 2. The Hall–Kier alpha value is 1.21. The second-order valence-electron chi connectivity index (χ2n) is 7.87. The van der Waals surface area contributed by atoms with E-state index in [0.717, 1.165) is 37.5 Å². The van der Waals surface area contributed by atoms with Gasteiger partial charge in [-0.2, -0.15) is 25.3 Å². The molecule has 0 aliphatic rings. The molecular weight excluding hydrogens is 530 g/mol. The third-order valence-corrected chi connectivity index (χ3v) is 4.46. The fourth-order valence-electron chi connectivity index (χ4n) is 2.36. The molecule has 0 aromatic rings. The molecular formula is C22H46BaO4S2. The van der Waals surface area contributed by atoms with E-state index in [1.807, 2.05) is 0 Å². The van der Waals surface area contributed by atoms with Gasteiger partial charge in [-0.15, -0.1) is 0 Å². The second-order valence-corrected chi connectivity index (χ2v) is 8.77. The topological polar surface area (TPSA) is 52.6 Å². The number of thiol groups is 2. The van der Waals surface area contributed by atoms with Crippen molar-refractivity contribution in [1.82, 2.24) is 0 Å². The molecule has 0 spiro atoms. The van der Waals surface area contributed by atoms with Crippen LogP contribution in [-0.2, 0) is 19.1 Å². The molecule has 0 saturated carbocycles. The first-order chi connectivity index (χ1) is 13.3. The zero-order valence-corrected chi connectivity index (χ0v) is 20.4. The predicted octanol–water partition coefficient (Wildman–Crippen LogP) is 5.22. The molecule has 0 aromatic carbocycles. The van der Waals surface area contributed by atoms with Gasteiger partial charge in [0.25, 0.3) is 0 Å². The first-order valence-corrected chi connectivity index (χ1v) is 12.1. The molecule has 0 saturated heterocycles. The van der Waals surface area contributed by atoms with Crippen molar-refractivity contribution in [2.45, 2.75) is 91.9 Å². The number of rotatable bonds is 16. The zero-order valence-electron chi connectivity index (χ0n) is 18.6. The van der Waals surface area contributed by atoms with Crippen LogP contribution >= 0.6 is 25.3 Å². The number of hydrogen-bond acceptors (Lipinski definition) is 6. The monoisotopic (exact) mass is 576 g/mol. The van der Waals surface area contributed by atoms with Crippen LogP contribution in [0.15, 0.2) is 0 Å². The molecule has 0 unspecified atom stereocenters. The molecule has 0 N–H and O–H groups in total. The van der Waals surface area contributed by atoms with Crippen LogP contribution in [-0.4, -0.2) is 85.5 Å². The van der Waals surface area contributed by atoms with Gasteiger partial charge in [-0.05, 0) is 24.7 Å². The van der Waals surface area contributed by atoms with E-state index >= 15 is 0 Å². The first kappa shape index (κ1) is 34.8. The van der Waals surface area contributed by atoms with E-state index in [0.29, 0.717) is 37.6 Å². The van der Waals surface area contributed by atoms with Gasteiger partial charge in [0, 0.05) is 11.5 Å². The summed E-state index contributed by atoms with van der Waals surface area (Å²) in [5, 5.41) is 0. The molecule has 0 atom stereocenters. The molecule has 0 heterocycles. The maximum absolute atomic E-state index is 10.9. The number of unbranched alkanes of at least 4 members (excludes halogenated alkanes) is 4. The standard InChI is InChI=1S/2C11H22O2S.Ba.2H/c2*1-10(2)6-4-3-5-8-13-11(12)7-9-14;;;/h2*10,14H,3-9H2,1-2H3;;;. The van der Waals surface area contributed by atoms with Gasteiger partial charge in [0.05, 0.1) is 26.1 Å². The second kappa shape index (κ2) is 27.2. The molecule has 7 heteroatoms. The minimum atomic E-state index is -0.121. The molecule has 29 heavy (non-hydrogen) atoms. The van der Waals surface area contributed by atoms with Crippen LogP contribution in [0.1, 0.15) is 91.9 Å². The Morgan fingerprint density at radius 1 is 0.655 bits per heavy atom. The van der Waals surface area contributed by atoms with Gasteiger partial charge in [0.2, 0.25) is 0 Å². The van der Waals surface area contributed by atoms with Crippen molar-refractivity contribution in [2.75, 3.05) is 24.7 Å². The molecule has 0 fully saturated rings. The van der Waals surface area contributed by atoms with Gasteiger partial charge in [0.15, 0.2) is 0 Å². The van der Waals surface area contributed by atoms with E-state index in [4.69, 9.17) is 9.47 Å². The maximum atomic E-state index is 10.9. The summed E-state index contributed by atoms with van der Waals surface area (Å²) in [6.45, 7) is 10.1. The summed E-state index contributed by atoms with van der Waals surface area (Å²) in [6, 6.07) is 0. The SMILES string of the molecule is CC(C)CCCCCOC(=O)CCS.CC(C)CCCCCOC(=O)CCS.[BaH2]. The summed E-state index contributed by atoms with van der Waals surface area (Å²) in [7, 11) is 0. The zero-order chi connectivity index (χ0) is 21.6. The van der Waals surface area contributed by atoms with Crippen molar-refractivity contribution in [1.29, 1.82) is 0 Å². The van der Waals surface area contributed by atoms with Gasteiger partial charge in [-0.25, -0.2) is 0 Å². The summed E-state index contributed by atoms with van der Waals surface area (Å²) in [4.78, 5) is 21.8. The van der Waals surface area contributed by atoms with Crippen LogP contribution in [0, 0.1) is 11.8 Å². The van der Waals surface area contributed by atoms with E-state index in [-0.39, 0.29) is 60.8 Å². The van der Waals surface area contributed by atoms with E-state index in [2.05, 4.69) is 53.0 Å². The van der Waals surface area contributed by atoms with Crippen LogP contribution in [0.3, 0.4) is 0 Å². The van der Waals surface area contributed by atoms with Gasteiger partial charge in [0.1, 0.15) is 0 Å². The average molecular weight is 576 g/mol. The third-order valence-electron chi connectivity index (χ3n) is 4.01. The van der Waals surface area contributed by atoms with Gasteiger partial charge >= 0.3 is 60.8 Å². The van der Waals surface area contributed by atoms with Gasteiger partial charge in [-0.3, -0.25) is 9.59 Å². The first-order valence-electron chi connectivity index (χ1n) is 10.9. The summed E-state index contributed by atoms with van der Waals surface area (Å²) >= 11 is 7.92. The Morgan fingerprint density at radius 2 is 1.00 bits per heavy atom. The molecule has 0 aliphatic heterocycles. The van der Waals surface area contributed by atoms with E-state index < -0.39 is 0 Å². The van der Waals surface area contributed by atoms with E-state index in [1.165, 1.54) is 25.7 Å². The summed E-state index contributed by atoms with van der Waals surface area (Å²) in [6.07, 6.45) is 10.2. The molecule has 0 aromatic heterocycles. The van der Waals surface area contributed by atoms with Crippen molar-refractivity contribution in [3.05, 3.63) is 0 Å². The molecule has 0 bridgehead atoms. The van der Waals surface area contributed by atoms with Crippen LogP contribution < -0.4 is 0 Å². The van der Waals surface area contributed by atoms with Crippen molar-refractivity contribution >= 4 is 86.1 Å². The molecule has 0 aliphatic carbocycles. The van der Waals surface area contributed by atoms with Gasteiger partial charge < -0.3 is 9.47 Å². The fourth-order valence-corrected chi connectivity index (χ4v) is 2.73.